The number of rotatable bonds is 3. The predicted molar refractivity (Wildman–Crippen MR) is 59.9 cm³/mol. The zero-order valence-electron chi connectivity index (χ0n) is 8.93. The second-order valence-electron chi connectivity index (χ2n) is 4.52. The third-order valence-electron chi connectivity index (χ3n) is 1.89. The largest absolute Gasteiger partial charge is 0.492 e. The summed E-state index contributed by atoms with van der Waals surface area (Å²) in [6.45, 7) is 7.26. The van der Waals surface area contributed by atoms with Crippen LogP contribution in [0.25, 0.3) is 0 Å². The Kier molecular flexibility index (Phi) is 3.82. The highest BCUT2D eigenvalue weighted by Crippen LogP contribution is 2.24. The topological polar surface area (TPSA) is 9.23 Å². The smallest absolute Gasteiger partial charge is 0.138 e. The van der Waals surface area contributed by atoms with Crippen molar-refractivity contribution in [1.29, 1.82) is 0 Å². The van der Waals surface area contributed by atoms with E-state index >= 15 is 0 Å². The summed E-state index contributed by atoms with van der Waals surface area (Å²) in [6, 6.07) is 8.27. The van der Waals surface area contributed by atoms with Crippen molar-refractivity contribution in [2.75, 3.05) is 6.61 Å². The van der Waals surface area contributed by atoms with Crippen molar-refractivity contribution in [1.82, 2.24) is 0 Å². The molecule has 0 aliphatic rings. The molecule has 0 spiro atoms. The Balaban J connectivity index is 2.43. The molecule has 2 heteroatoms. The lowest BCUT2D eigenvalue weighted by Crippen LogP contribution is -2.11. The van der Waals surface area contributed by atoms with Crippen molar-refractivity contribution in [3.8, 4) is 5.75 Å². The highest BCUT2D eigenvalue weighted by molar-refractivity contribution is 6.32. The second kappa shape index (κ2) is 4.70. The zero-order valence-corrected chi connectivity index (χ0v) is 9.69. The fraction of sp³-hybridized carbons (Fsp3) is 0.500. The lowest BCUT2D eigenvalue weighted by Gasteiger charge is -2.18. The van der Waals surface area contributed by atoms with Crippen LogP contribution >= 0.6 is 11.6 Å². The normalized spacial score (nSPS) is 11.4. The summed E-state index contributed by atoms with van der Waals surface area (Å²) in [5.74, 6) is 0.721. The standard InChI is InChI=1S/C12H16ClO/c1-12(2,3)8-9-14-11-7-5-4-6-10(11)13/h4,6-7H,8-9H2,1-3H3. The number of hydrogen-bond donors (Lipinski definition) is 0. The summed E-state index contributed by atoms with van der Waals surface area (Å²) in [7, 11) is 0. The van der Waals surface area contributed by atoms with E-state index in [2.05, 4.69) is 26.8 Å². The van der Waals surface area contributed by atoms with Gasteiger partial charge in [-0.05, 0) is 30.0 Å². The van der Waals surface area contributed by atoms with E-state index in [-0.39, 0.29) is 0 Å². The first-order chi connectivity index (χ1) is 6.49. The Bertz CT molecular complexity index is 289. The van der Waals surface area contributed by atoms with E-state index in [0.717, 1.165) is 12.2 Å². The molecule has 0 saturated carbocycles. The van der Waals surface area contributed by atoms with E-state index in [1.54, 1.807) is 18.2 Å². The van der Waals surface area contributed by atoms with Gasteiger partial charge in [0.2, 0.25) is 0 Å². The molecule has 0 unspecified atom stereocenters. The molecule has 1 aromatic carbocycles. The van der Waals surface area contributed by atoms with Gasteiger partial charge in [0.05, 0.1) is 11.6 Å². The average molecular weight is 212 g/mol. The lowest BCUT2D eigenvalue weighted by molar-refractivity contribution is 0.243. The van der Waals surface area contributed by atoms with Crippen molar-refractivity contribution in [3.05, 3.63) is 29.3 Å². The van der Waals surface area contributed by atoms with Crippen molar-refractivity contribution in [3.63, 3.8) is 0 Å². The molecular weight excluding hydrogens is 196 g/mol. The van der Waals surface area contributed by atoms with E-state index in [1.165, 1.54) is 0 Å². The molecule has 77 valence electrons. The Morgan fingerprint density at radius 3 is 2.71 bits per heavy atom. The molecule has 1 nitrogen and oxygen atoms in total. The van der Waals surface area contributed by atoms with Crippen LogP contribution in [-0.4, -0.2) is 6.61 Å². The van der Waals surface area contributed by atoms with Crippen molar-refractivity contribution in [2.24, 2.45) is 5.41 Å². The van der Waals surface area contributed by atoms with Gasteiger partial charge in [-0.1, -0.05) is 38.4 Å². The van der Waals surface area contributed by atoms with Gasteiger partial charge in [-0.2, -0.15) is 0 Å². The minimum atomic E-state index is 0.297. The molecule has 0 fully saturated rings. The maximum absolute atomic E-state index is 5.93. The molecule has 1 rings (SSSR count). The highest BCUT2D eigenvalue weighted by atomic mass is 35.5. The fourth-order valence-electron chi connectivity index (χ4n) is 0.974. The number of hydrogen-bond acceptors (Lipinski definition) is 1. The molecule has 0 heterocycles. The van der Waals surface area contributed by atoms with E-state index in [1.807, 2.05) is 0 Å². The van der Waals surface area contributed by atoms with Crippen LogP contribution in [0.5, 0.6) is 5.75 Å². The molecule has 0 amide bonds. The third-order valence-corrected chi connectivity index (χ3v) is 2.20. The summed E-state index contributed by atoms with van der Waals surface area (Å²) in [6.07, 6.45) is 1.01. The Morgan fingerprint density at radius 1 is 1.43 bits per heavy atom. The SMILES string of the molecule is CC(C)(C)CCOc1c[c]ccc1Cl. The maximum atomic E-state index is 5.93. The van der Waals surface area contributed by atoms with Gasteiger partial charge in [0.1, 0.15) is 5.75 Å². The number of ether oxygens (including phenoxy) is 1. The van der Waals surface area contributed by atoms with E-state index < -0.39 is 0 Å². The summed E-state index contributed by atoms with van der Waals surface area (Å²) in [5.41, 5.74) is 0.297. The summed E-state index contributed by atoms with van der Waals surface area (Å²) >= 11 is 5.93. The lowest BCUT2D eigenvalue weighted by atomic mass is 9.93. The molecule has 0 aliphatic heterocycles. The van der Waals surface area contributed by atoms with Crippen LogP contribution in [0.3, 0.4) is 0 Å². The minimum absolute atomic E-state index is 0.297. The monoisotopic (exact) mass is 211 g/mol. The van der Waals surface area contributed by atoms with Crippen LogP contribution in [0.15, 0.2) is 18.2 Å². The molecule has 0 aromatic heterocycles. The quantitative estimate of drug-likeness (QED) is 0.736. The Morgan fingerprint density at radius 2 is 2.14 bits per heavy atom. The summed E-state index contributed by atoms with van der Waals surface area (Å²) in [4.78, 5) is 0. The first kappa shape index (κ1) is 11.4. The van der Waals surface area contributed by atoms with Crippen LogP contribution in [0.4, 0.5) is 0 Å². The average Bonchev–Trinajstić information content (AvgIpc) is 2.06. The second-order valence-corrected chi connectivity index (χ2v) is 4.92. The Labute approximate surface area is 91.0 Å². The summed E-state index contributed by atoms with van der Waals surface area (Å²) in [5, 5.41) is 0.651. The van der Waals surface area contributed by atoms with Gasteiger partial charge in [-0.3, -0.25) is 0 Å². The molecule has 0 bridgehead atoms. The van der Waals surface area contributed by atoms with Crippen LogP contribution in [0.2, 0.25) is 5.02 Å². The molecule has 1 aromatic rings. The highest BCUT2D eigenvalue weighted by Gasteiger charge is 2.10. The molecular formula is C12H16ClO. The van der Waals surface area contributed by atoms with Crippen LogP contribution in [-0.2, 0) is 0 Å². The number of benzene rings is 1. The molecule has 0 atom stereocenters. The van der Waals surface area contributed by atoms with Gasteiger partial charge in [0, 0.05) is 0 Å². The van der Waals surface area contributed by atoms with Gasteiger partial charge >= 0.3 is 0 Å². The van der Waals surface area contributed by atoms with Gasteiger partial charge in [0.25, 0.3) is 0 Å². The third kappa shape index (κ3) is 4.01. The van der Waals surface area contributed by atoms with Crippen LogP contribution in [0, 0.1) is 11.5 Å². The first-order valence-electron chi connectivity index (χ1n) is 4.77. The Hall–Kier alpha value is -0.690. The van der Waals surface area contributed by atoms with Gasteiger partial charge in [0.15, 0.2) is 0 Å². The van der Waals surface area contributed by atoms with Gasteiger partial charge in [-0.25, -0.2) is 0 Å². The molecule has 1 radical (unpaired) electrons. The van der Waals surface area contributed by atoms with E-state index in [0.29, 0.717) is 17.0 Å². The van der Waals surface area contributed by atoms with Crippen LogP contribution < -0.4 is 4.74 Å². The fourth-order valence-corrected chi connectivity index (χ4v) is 1.15. The predicted octanol–water partition coefficient (Wildman–Crippen LogP) is 3.96. The van der Waals surface area contributed by atoms with Gasteiger partial charge in [-0.15, -0.1) is 0 Å². The minimum Gasteiger partial charge on any atom is -0.492 e. The number of halogens is 1. The van der Waals surface area contributed by atoms with Crippen molar-refractivity contribution >= 4 is 11.6 Å². The van der Waals surface area contributed by atoms with Crippen LogP contribution in [0.1, 0.15) is 27.2 Å². The molecule has 0 N–H and O–H groups in total. The van der Waals surface area contributed by atoms with Crippen molar-refractivity contribution < 1.29 is 4.74 Å². The van der Waals surface area contributed by atoms with Gasteiger partial charge < -0.3 is 4.74 Å². The molecule has 0 aliphatic carbocycles. The zero-order chi connectivity index (χ0) is 10.6. The van der Waals surface area contributed by atoms with E-state index in [9.17, 15) is 0 Å². The summed E-state index contributed by atoms with van der Waals surface area (Å²) < 4.78 is 5.55. The van der Waals surface area contributed by atoms with E-state index in [4.69, 9.17) is 16.3 Å². The first-order valence-corrected chi connectivity index (χ1v) is 5.15. The molecule has 0 saturated heterocycles. The van der Waals surface area contributed by atoms with Crippen molar-refractivity contribution in [2.45, 2.75) is 27.2 Å². The maximum Gasteiger partial charge on any atom is 0.138 e. The molecule has 14 heavy (non-hydrogen) atoms.